The molecule has 0 aliphatic heterocycles. The second-order valence-corrected chi connectivity index (χ2v) is 3.36. The molecule has 0 saturated carbocycles. The van der Waals surface area contributed by atoms with Crippen LogP contribution in [-0.4, -0.2) is 6.61 Å². The van der Waals surface area contributed by atoms with Gasteiger partial charge in [0.15, 0.2) is 0 Å². The third kappa shape index (κ3) is 9.96. The van der Waals surface area contributed by atoms with Crippen molar-refractivity contribution in [2.24, 2.45) is 5.92 Å². The van der Waals surface area contributed by atoms with E-state index in [9.17, 15) is 0 Å². The van der Waals surface area contributed by atoms with Gasteiger partial charge >= 0.3 is 0 Å². The minimum atomic E-state index is 0.759. The van der Waals surface area contributed by atoms with Crippen LogP contribution in [0.2, 0.25) is 0 Å². The molecule has 1 nitrogen and oxygen atoms in total. The van der Waals surface area contributed by atoms with E-state index in [1.807, 2.05) is 6.61 Å². The van der Waals surface area contributed by atoms with Crippen molar-refractivity contribution in [3.8, 4) is 0 Å². The summed E-state index contributed by atoms with van der Waals surface area (Å²) in [6, 6.07) is 0. The Morgan fingerprint density at radius 2 is 2.09 bits per heavy atom. The molecule has 0 aromatic carbocycles. The first kappa shape index (κ1) is 11.0. The summed E-state index contributed by atoms with van der Waals surface area (Å²) in [6.45, 7) is 9.47. The van der Waals surface area contributed by atoms with Crippen molar-refractivity contribution in [1.82, 2.24) is 0 Å². The van der Waals surface area contributed by atoms with Crippen molar-refractivity contribution in [2.75, 3.05) is 6.61 Å². The highest BCUT2D eigenvalue weighted by Crippen LogP contribution is 2.02. The molecular weight excluding hydrogens is 136 g/mol. The lowest BCUT2D eigenvalue weighted by Crippen LogP contribution is -1.96. The Labute approximate surface area is 71.1 Å². The topological polar surface area (TPSA) is 9.23 Å². The van der Waals surface area contributed by atoms with Crippen molar-refractivity contribution in [2.45, 2.75) is 46.5 Å². The number of hydrogen-bond acceptors (Lipinski definition) is 1. The van der Waals surface area contributed by atoms with Gasteiger partial charge in [-0.3, -0.25) is 0 Å². The summed E-state index contributed by atoms with van der Waals surface area (Å²) in [4.78, 5) is 0. The molecule has 1 heteroatoms. The standard InChI is InChI=1S/C10H21O/c1-4-5-6-8-11-9-7-10(2)3/h8,10H,4-7,9H2,1-3H3. The number of ether oxygens (including phenoxy) is 1. The van der Waals surface area contributed by atoms with Crippen LogP contribution < -0.4 is 0 Å². The first-order valence-electron chi connectivity index (χ1n) is 4.70. The fourth-order valence-corrected chi connectivity index (χ4v) is 0.758. The molecule has 0 bridgehead atoms. The van der Waals surface area contributed by atoms with Gasteiger partial charge in [0.1, 0.15) is 0 Å². The summed E-state index contributed by atoms with van der Waals surface area (Å²) in [5.41, 5.74) is 0. The largest absolute Gasteiger partial charge is 0.376 e. The van der Waals surface area contributed by atoms with Gasteiger partial charge in [0, 0.05) is 6.61 Å². The van der Waals surface area contributed by atoms with E-state index in [0.29, 0.717) is 0 Å². The highest BCUT2D eigenvalue weighted by Gasteiger charge is 1.93. The summed E-state index contributed by atoms with van der Waals surface area (Å²) in [5, 5.41) is 0. The van der Waals surface area contributed by atoms with Crippen molar-refractivity contribution in [3.05, 3.63) is 6.61 Å². The SMILES string of the molecule is CCCC[CH]OCCC(C)C. The molecule has 0 heterocycles. The van der Waals surface area contributed by atoms with E-state index in [1.54, 1.807) is 0 Å². The van der Waals surface area contributed by atoms with Gasteiger partial charge in [-0.1, -0.05) is 33.6 Å². The van der Waals surface area contributed by atoms with Crippen LogP contribution in [0.4, 0.5) is 0 Å². The summed E-state index contributed by atoms with van der Waals surface area (Å²) in [5.74, 6) is 0.759. The van der Waals surface area contributed by atoms with Gasteiger partial charge < -0.3 is 4.74 Å². The van der Waals surface area contributed by atoms with Crippen LogP contribution in [-0.2, 0) is 4.74 Å². The summed E-state index contributed by atoms with van der Waals surface area (Å²) < 4.78 is 5.32. The molecular formula is C10H21O. The van der Waals surface area contributed by atoms with Crippen LogP contribution in [0.5, 0.6) is 0 Å². The van der Waals surface area contributed by atoms with Gasteiger partial charge in [0.05, 0.1) is 6.61 Å². The summed E-state index contributed by atoms with van der Waals surface area (Å²) in [7, 11) is 0. The van der Waals surface area contributed by atoms with Crippen LogP contribution in [0.25, 0.3) is 0 Å². The van der Waals surface area contributed by atoms with E-state index in [2.05, 4.69) is 20.8 Å². The highest BCUT2D eigenvalue weighted by molar-refractivity contribution is 4.51. The maximum Gasteiger partial charge on any atom is 0.0836 e. The lowest BCUT2D eigenvalue weighted by molar-refractivity contribution is 0.176. The van der Waals surface area contributed by atoms with Gasteiger partial charge in [-0.2, -0.15) is 0 Å². The Balaban J connectivity index is 2.80. The van der Waals surface area contributed by atoms with Crippen molar-refractivity contribution < 1.29 is 4.74 Å². The Kier molecular flexibility index (Phi) is 8.03. The Bertz CT molecular complexity index is 69.3. The van der Waals surface area contributed by atoms with Gasteiger partial charge in [-0.15, -0.1) is 0 Å². The third-order valence-corrected chi connectivity index (χ3v) is 1.61. The van der Waals surface area contributed by atoms with Crippen LogP contribution in [0, 0.1) is 12.5 Å². The van der Waals surface area contributed by atoms with Crippen molar-refractivity contribution in [1.29, 1.82) is 0 Å². The van der Waals surface area contributed by atoms with Crippen LogP contribution in [0.1, 0.15) is 46.5 Å². The zero-order valence-corrected chi connectivity index (χ0v) is 8.10. The second-order valence-electron chi connectivity index (χ2n) is 3.36. The molecule has 0 atom stereocenters. The van der Waals surface area contributed by atoms with E-state index in [1.165, 1.54) is 19.3 Å². The van der Waals surface area contributed by atoms with Gasteiger partial charge in [0.25, 0.3) is 0 Å². The van der Waals surface area contributed by atoms with E-state index < -0.39 is 0 Å². The quantitative estimate of drug-likeness (QED) is 0.515. The molecule has 0 unspecified atom stereocenters. The molecule has 0 spiro atoms. The molecule has 1 radical (unpaired) electrons. The van der Waals surface area contributed by atoms with Crippen LogP contribution in [0.3, 0.4) is 0 Å². The molecule has 0 aliphatic carbocycles. The van der Waals surface area contributed by atoms with Crippen LogP contribution >= 0.6 is 0 Å². The molecule has 11 heavy (non-hydrogen) atoms. The fraction of sp³-hybridized carbons (Fsp3) is 0.900. The maximum atomic E-state index is 5.32. The molecule has 0 saturated heterocycles. The smallest absolute Gasteiger partial charge is 0.0836 e. The highest BCUT2D eigenvalue weighted by atomic mass is 16.5. The predicted octanol–water partition coefficient (Wildman–Crippen LogP) is 3.40. The minimum absolute atomic E-state index is 0.759. The first-order valence-corrected chi connectivity index (χ1v) is 4.70. The van der Waals surface area contributed by atoms with Crippen molar-refractivity contribution >= 4 is 0 Å². The molecule has 0 aromatic rings. The van der Waals surface area contributed by atoms with E-state index in [-0.39, 0.29) is 0 Å². The molecule has 0 aliphatic rings. The third-order valence-electron chi connectivity index (χ3n) is 1.61. The van der Waals surface area contributed by atoms with Gasteiger partial charge in [0.2, 0.25) is 0 Å². The average molecular weight is 157 g/mol. The zero-order valence-electron chi connectivity index (χ0n) is 8.10. The molecule has 0 rings (SSSR count). The fourth-order valence-electron chi connectivity index (χ4n) is 0.758. The number of rotatable bonds is 7. The van der Waals surface area contributed by atoms with Gasteiger partial charge in [-0.25, -0.2) is 0 Å². The normalized spacial score (nSPS) is 10.9. The molecule has 0 fully saturated rings. The van der Waals surface area contributed by atoms with Crippen LogP contribution in [0.15, 0.2) is 0 Å². The van der Waals surface area contributed by atoms with Crippen molar-refractivity contribution in [3.63, 3.8) is 0 Å². The predicted molar refractivity (Wildman–Crippen MR) is 49.2 cm³/mol. The first-order chi connectivity index (χ1) is 5.27. The zero-order chi connectivity index (χ0) is 8.53. The lowest BCUT2D eigenvalue weighted by atomic mass is 10.1. The minimum Gasteiger partial charge on any atom is -0.376 e. The summed E-state index contributed by atoms with van der Waals surface area (Å²) >= 11 is 0. The molecule has 0 amide bonds. The Morgan fingerprint density at radius 1 is 1.36 bits per heavy atom. The number of hydrogen-bond donors (Lipinski definition) is 0. The molecule has 67 valence electrons. The Morgan fingerprint density at radius 3 is 2.64 bits per heavy atom. The average Bonchev–Trinajstić information content (AvgIpc) is 1.96. The summed E-state index contributed by atoms with van der Waals surface area (Å²) in [6.07, 6.45) is 4.78. The maximum absolute atomic E-state index is 5.32. The number of unbranched alkanes of at least 4 members (excludes halogenated alkanes) is 2. The molecule has 0 aromatic heterocycles. The monoisotopic (exact) mass is 157 g/mol. The molecule has 0 N–H and O–H groups in total. The van der Waals surface area contributed by atoms with E-state index >= 15 is 0 Å². The Hall–Kier alpha value is -0.0400. The lowest BCUT2D eigenvalue weighted by Gasteiger charge is -2.04. The van der Waals surface area contributed by atoms with Gasteiger partial charge in [-0.05, 0) is 18.8 Å². The second kappa shape index (κ2) is 8.06. The van der Waals surface area contributed by atoms with E-state index in [0.717, 1.165) is 18.9 Å². The van der Waals surface area contributed by atoms with E-state index in [4.69, 9.17) is 4.74 Å².